The van der Waals surface area contributed by atoms with Crippen LogP contribution < -0.4 is 5.32 Å². The van der Waals surface area contributed by atoms with Gasteiger partial charge in [0.1, 0.15) is 0 Å². The summed E-state index contributed by atoms with van der Waals surface area (Å²) in [7, 11) is -1.90. The largest absolute Gasteiger partial charge is 0.377 e. The molecule has 1 amide bonds. The van der Waals surface area contributed by atoms with Gasteiger partial charge in [-0.2, -0.15) is 4.31 Å². The molecular formula is C24H32N2O4S. The third-order valence-corrected chi connectivity index (χ3v) is 7.76. The number of hydrogen-bond acceptors (Lipinski definition) is 4. The monoisotopic (exact) mass is 444 g/mol. The average Bonchev–Trinajstić information content (AvgIpc) is 2.82. The van der Waals surface area contributed by atoms with Gasteiger partial charge in [0.05, 0.1) is 11.5 Å². The Labute approximate surface area is 185 Å². The summed E-state index contributed by atoms with van der Waals surface area (Å²) in [6, 6.07) is 14.1. The third kappa shape index (κ3) is 6.15. The number of sulfonamides is 1. The Morgan fingerprint density at radius 1 is 1.00 bits per heavy atom. The van der Waals surface area contributed by atoms with Crippen molar-refractivity contribution in [2.45, 2.75) is 63.1 Å². The molecule has 0 aromatic heterocycles. The Morgan fingerprint density at radius 3 is 2.23 bits per heavy atom. The number of carbonyl (C=O) groups is 1. The van der Waals surface area contributed by atoms with E-state index in [9.17, 15) is 13.2 Å². The van der Waals surface area contributed by atoms with E-state index in [0.29, 0.717) is 25.3 Å². The molecule has 0 spiro atoms. The summed E-state index contributed by atoms with van der Waals surface area (Å²) in [6.07, 6.45) is 5.12. The molecule has 2 aromatic carbocycles. The Hall–Kier alpha value is -2.22. The van der Waals surface area contributed by atoms with Gasteiger partial charge in [0, 0.05) is 31.8 Å². The van der Waals surface area contributed by atoms with E-state index in [-0.39, 0.29) is 16.8 Å². The summed E-state index contributed by atoms with van der Waals surface area (Å²) < 4.78 is 32.7. The Bertz CT molecular complexity index is 950. The van der Waals surface area contributed by atoms with Gasteiger partial charge in [0.25, 0.3) is 5.91 Å². The van der Waals surface area contributed by atoms with Crippen molar-refractivity contribution in [1.82, 2.24) is 9.62 Å². The summed E-state index contributed by atoms with van der Waals surface area (Å²) in [5.41, 5.74) is 2.51. The van der Waals surface area contributed by atoms with Crippen molar-refractivity contribution in [3.05, 3.63) is 65.2 Å². The van der Waals surface area contributed by atoms with E-state index < -0.39 is 10.0 Å². The fourth-order valence-electron chi connectivity index (χ4n) is 3.84. The molecule has 1 fully saturated rings. The van der Waals surface area contributed by atoms with Crippen LogP contribution in [0.1, 0.15) is 60.5 Å². The van der Waals surface area contributed by atoms with Gasteiger partial charge in [-0.25, -0.2) is 8.42 Å². The van der Waals surface area contributed by atoms with Crippen LogP contribution in [-0.4, -0.2) is 38.3 Å². The van der Waals surface area contributed by atoms with Crippen LogP contribution in [0, 0.1) is 0 Å². The van der Waals surface area contributed by atoms with E-state index in [1.165, 1.54) is 22.9 Å². The van der Waals surface area contributed by atoms with Gasteiger partial charge in [-0.3, -0.25) is 4.79 Å². The maximum Gasteiger partial charge on any atom is 0.251 e. The van der Waals surface area contributed by atoms with Crippen LogP contribution in [0.3, 0.4) is 0 Å². The molecule has 31 heavy (non-hydrogen) atoms. The fourth-order valence-corrected chi connectivity index (χ4v) is 5.26. The number of amides is 1. The highest BCUT2D eigenvalue weighted by atomic mass is 32.2. The van der Waals surface area contributed by atoms with Gasteiger partial charge in [-0.15, -0.1) is 0 Å². The van der Waals surface area contributed by atoms with Crippen LogP contribution in [0.2, 0.25) is 0 Å². The van der Waals surface area contributed by atoms with Crippen molar-refractivity contribution >= 4 is 15.9 Å². The molecule has 0 heterocycles. The van der Waals surface area contributed by atoms with Crippen molar-refractivity contribution in [2.75, 3.05) is 13.7 Å². The molecular weight excluding hydrogens is 412 g/mol. The lowest BCUT2D eigenvalue weighted by Crippen LogP contribution is -2.38. The zero-order valence-electron chi connectivity index (χ0n) is 18.3. The lowest BCUT2D eigenvalue weighted by atomic mass is 9.96. The normalized spacial score (nSPS) is 15.2. The van der Waals surface area contributed by atoms with Gasteiger partial charge in [0.15, 0.2) is 0 Å². The maximum atomic E-state index is 12.9. The molecule has 0 aliphatic heterocycles. The summed E-state index contributed by atoms with van der Waals surface area (Å²) in [4.78, 5) is 12.7. The van der Waals surface area contributed by atoms with Gasteiger partial charge in [0.2, 0.25) is 10.0 Å². The second-order valence-corrected chi connectivity index (χ2v) is 9.97. The first-order chi connectivity index (χ1) is 14.9. The Kier molecular flexibility index (Phi) is 8.23. The standard InChI is InChI=1S/C24H32N2O4S/c1-3-30-18-20-11-9-19(10-12-20)17-25-24(27)21-13-15-23(16-14-21)31(28,29)26(2)22-7-5-4-6-8-22/h9-16,22H,3-8,17-18H2,1-2H3,(H,25,27). The van der Waals surface area contributed by atoms with Crippen LogP contribution in [-0.2, 0) is 27.9 Å². The second-order valence-electron chi connectivity index (χ2n) is 7.97. The van der Waals surface area contributed by atoms with Crippen molar-refractivity contribution in [3.8, 4) is 0 Å². The molecule has 0 radical (unpaired) electrons. The van der Waals surface area contributed by atoms with E-state index in [1.54, 1.807) is 19.2 Å². The zero-order valence-corrected chi connectivity index (χ0v) is 19.2. The fraction of sp³-hybridized carbons (Fsp3) is 0.458. The Morgan fingerprint density at radius 2 is 1.61 bits per heavy atom. The first-order valence-corrected chi connectivity index (χ1v) is 12.4. The predicted octanol–water partition coefficient (Wildman–Crippen LogP) is 4.11. The SMILES string of the molecule is CCOCc1ccc(CNC(=O)c2ccc(S(=O)(=O)N(C)C3CCCCC3)cc2)cc1. The molecule has 0 atom stereocenters. The highest BCUT2D eigenvalue weighted by Crippen LogP contribution is 2.26. The van der Waals surface area contributed by atoms with E-state index in [2.05, 4.69) is 5.32 Å². The van der Waals surface area contributed by atoms with Gasteiger partial charge < -0.3 is 10.1 Å². The van der Waals surface area contributed by atoms with Crippen LogP contribution in [0.4, 0.5) is 0 Å². The molecule has 1 aliphatic rings. The lowest BCUT2D eigenvalue weighted by molar-refractivity contribution is 0.0950. The molecule has 0 unspecified atom stereocenters. The first-order valence-electron chi connectivity index (χ1n) is 10.9. The van der Waals surface area contributed by atoms with Crippen LogP contribution in [0.25, 0.3) is 0 Å². The average molecular weight is 445 g/mol. The molecule has 0 bridgehead atoms. The molecule has 0 saturated heterocycles. The minimum atomic E-state index is -3.56. The molecule has 1 saturated carbocycles. The van der Waals surface area contributed by atoms with Crippen molar-refractivity contribution < 1.29 is 17.9 Å². The minimum absolute atomic E-state index is 0.0571. The highest BCUT2D eigenvalue weighted by Gasteiger charge is 2.29. The molecule has 2 aromatic rings. The summed E-state index contributed by atoms with van der Waals surface area (Å²) in [5.74, 6) is -0.233. The second kappa shape index (κ2) is 10.9. The smallest absolute Gasteiger partial charge is 0.251 e. The van der Waals surface area contributed by atoms with Crippen molar-refractivity contribution in [1.29, 1.82) is 0 Å². The third-order valence-electron chi connectivity index (χ3n) is 5.83. The van der Waals surface area contributed by atoms with Crippen LogP contribution in [0.5, 0.6) is 0 Å². The number of nitrogens with one attached hydrogen (secondary N) is 1. The molecule has 168 valence electrons. The number of benzene rings is 2. The van der Waals surface area contributed by atoms with E-state index >= 15 is 0 Å². The van der Waals surface area contributed by atoms with Gasteiger partial charge in [-0.05, 0) is 55.2 Å². The zero-order chi connectivity index (χ0) is 22.3. The quantitative estimate of drug-likeness (QED) is 0.632. The number of ether oxygens (including phenoxy) is 1. The molecule has 1 N–H and O–H groups in total. The van der Waals surface area contributed by atoms with E-state index in [1.807, 2.05) is 31.2 Å². The van der Waals surface area contributed by atoms with Crippen LogP contribution >= 0.6 is 0 Å². The number of nitrogens with zero attached hydrogens (tertiary/aromatic N) is 1. The van der Waals surface area contributed by atoms with Gasteiger partial charge in [-0.1, -0.05) is 43.5 Å². The Balaban J connectivity index is 1.58. The highest BCUT2D eigenvalue weighted by molar-refractivity contribution is 7.89. The molecule has 6 nitrogen and oxygen atoms in total. The van der Waals surface area contributed by atoms with Crippen LogP contribution in [0.15, 0.2) is 53.4 Å². The first kappa shape index (κ1) is 23.4. The van der Waals surface area contributed by atoms with Gasteiger partial charge >= 0.3 is 0 Å². The van der Waals surface area contributed by atoms with E-state index in [0.717, 1.165) is 36.8 Å². The number of carbonyl (C=O) groups excluding carboxylic acids is 1. The predicted molar refractivity (Wildman–Crippen MR) is 121 cm³/mol. The molecule has 3 rings (SSSR count). The summed E-state index contributed by atoms with van der Waals surface area (Å²) in [6.45, 7) is 3.61. The summed E-state index contributed by atoms with van der Waals surface area (Å²) in [5, 5.41) is 2.88. The lowest BCUT2D eigenvalue weighted by Gasteiger charge is -2.30. The summed E-state index contributed by atoms with van der Waals surface area (Å²) >= 11 is 0. The molecule has 7 heteroatoms. The van der Waals surface area contributed by atoms with Crippen molar-refractivity contribution in [2.24, 2.45) is 0 Å². The number of hydrogen-bond donors (Lipinski definition) is 1. The number of rotatable bonds is 9. The van der Waals surface area contributed by atoms with Crippen molar-refractivity contribution in [3.63, 3.8) is 0 Å². The topological polar surface area (TPSA) is 75.7 Å². The maximum absolute atomic E-state index is 12.9. The van der Waals surface area contributed by atoms with E-state index in [4.69, 9.17) is 4.74 Å². The minimum Gasteiger partial charge on any atom is -0.377 e. The molecule has 1 aliphatic carbocycles.